The number of fused-ring (bicyclic) bond motifs is 2. The molecule has 0 spiro atoms. The van der Waals surface area contributed by atoms with E-state index in [1.54, 1.807) is 18.2 Å². The summed E-state index contributed by atoms with van der Waals surface area (Å²) in [6, 6.07) is 6.61. The third-order valence-electron chi connectivity index (χ3n) is 3.92. The third kappa shape index (κ3) is 2.76. The molecule has 2 aliphatic heterocycles. The number of alkyl halides is 3. The van der Waals surface area contributed by atoms with Crippen molar-refractivity contribution in [3.8, 4) is 11.5 Å². The number of anilines is 1. The van der Waals surface area contributed by atoms with E-state index < -0.39 is 17.6 Å². The summed E-state index contributed by atoms with van der Waals surface area (Å²) in [5, 5.41) is 2.47. The molecule has 8 heteroatoms. The number of rotatable bonds is 1. The molecule has 0 aromatic heterocycles. The fourth-order valence-corrected chi connectivity index (χ4v) is 3.15. The van der Waals surface area contributed by atoms with Gasteiger partial charge in [0.2, 0.25) is 6.79 Å². The van der Waals surface area contributed by atoms with E-state index in [1.807, 2.05) is 0 Å². The van der Waals surface area contributed by atoms with Gasteiger partial charge in [0.1, 0.15) is 0 Å². The first-order chi connectivity index (χ1) is 11.8. The molecule has 0 saturated carbocycles. The van der Waals surface area contributed by atoms with E-state index in [2.05, 4.69) is 21.2 Å². The minimum absolute atomic E-state index is 0.116. The number of amides is 1. The molecular formula is C17H9BrF3NO3. The van der Waals surface area contributed by atoms with Gasteiger partial charge in [-0.25, -0.2) is 0 Å². The Morgan fingerprint density at radius 3 is 2.56 bits per heavy atom. The van der Waals surface area contributed by atoms with E-state index in [9.17, 15) is 18.0 Å². The molecule has 0 unspecified atom stereocenters. The number of nitrogens with one attached hydrogen (secondary N) is 1. The minimum Gasteiger partial charge on any atom is -0.454 e. The van der Waals surface area contributed by atoms with E-state index >= 15 is 0 Å². The van der Waals surface area contributed by atoms with Gasteiger partial charge in [0.25, 0.3) is 5.91 Å². The van der Waals surface area contributed by atoms with Crippen molar-refractivity contribution >= 4 is 39.2 Å². The molecule has 0 saturated heterocycles. The average Bonchev–Trinajstić information content (AvgIpc) is 3.10. The molecule has 1 amide bonds. The van der Waals surface area contributed by atoms with Crippen molar-refractivity contribution in [1.82, 2.24) is 0 Å². The molecule has 0 fully saturated rings. The molecule has 25 heavy (non-hydrogen) atoms. The first-order valence-electron chi connectivity index (χ1n) is 7.17. The number of carbonyl (C=O) groups excluding carboxylic acids is 1. The Morgan fingerprint density at radius 2 is 1.84 bits per heavy atom. The van der Waals surface area contributed by atoms with Crippen molar-refractivity contribution in [2.75, 3.05) is 12.1 Å². The van der Waals surface area contributed by atoms with Gasteiger partial charge in [-0.1, -0.05) is 22.0 Å². The maximum atomic E-state index is 12.8. The summed E-state index contributed by atoms with van der Waals surface area (Å²) in [4.78, 5) is 12.2. The molecular weight excluding hydrogens is 403 g/mol. The third-order valence-corrected chi connectivity index (χ3v) is 4.61. The number of benzene rings is 2. The standard InChI is InChI=1S/C17H9BrF3NO3/c18-12-6-15-14(24-7-25-15)4-8(12)3-11-10-2-1-9(17(19,20)21)5-13(10)22-16(11)23/h1-6H,7H2,(H,22,23)/b11-3-. The normalized spacial score (nSPS) is 17.0. The maximum Gasteiger partial charge on any atom is 0.416 e. The molecule has 4 nitrogen and oxygen atoms in total. The number of carbonyl (C=O) groups is 1. The number of ether oxygens (including phenoxy) is 2. The van der Waals surface area contributed by atoms with Crippen LogP contribution in [-0.4, -0.2) is 12.7 Å². The van der Waals surface area contributed by atoms with Crippen LogP contribution < -0.4 is 14.8 Å². The smallest absolute Gasteiger partial charge is 0.416 e. The summed E-state index contributed by atoms with van der Waals surface area (Å²) in [5.41, 5.74) is 0.688. The topological polar surface area (TPSA) is 47.6 Å². The van der Waals surface area contributed by atoms with Gasteiger partial charge in [0.15, 0.2) is 11.5 Å². The van der Waals surface area contributed by atoms with Crippen LogP contribution in [0.1, 0.15) is 16.7 Å². The number of halogens is 4. The first-order valence-corrected chi connectivity index (χ1v) is 7.96. The molecule has 0 bridgehead atoms. The van der Waals surface area contributed by atoms with Crippen molar-refractivity contribution in [3.05, 3.63) is 51.5 Å². The fraction of sp³-hybridized carbons (Fsp3) is 0.118. The van der Waals surface area contributed by atoms with E-state index in [1.165, 1.54) is 6.07 Å². The Kier molecular flexibility index (Phi) is 3.54. The van der Waals surface area contributed by atoms with Crippen molar-refractivity contribution in [2.24, 2.45) is 0 Å². The first kappa shape index (κ1) is 16.0. The highest BCUT2D eigenvalue weighted by molar-refractivity contribution is 9.10. The van der Waals surface area contributed by atoms with Gasteiger partial charge in [-0.15, -0.1) is 0 Å². The zero-order valence-corrected chi connectivity index (χ0v) is 14.0. The summed E-state index contributed by atoms with van der Waals surface area (Å²) in [6.07, 6.45) is -2.87. The van der Waals surface area contributed by atoms with Gasteiger partial charge in [-0.3, -0.25) is 4.79 Å². The number of hydrogen-bond acceptors (Lipinski definition) is 3. The SMILES string of the molecule is O=C1Nc2cc(C(F)(F)F)ccc2/C1=C/c1cc2c(cc1Br)OCO2. The summed E-state index contributed by atoms with van der Waals surface area (Å²) >= 11 is 3.39. The van der Waals surface area contributed by atoms with Gasteiger partial charge in [0.05, 0.1) is 5.56 Å². The van der Waals surface area contributed by atoms with Crippen molar-refractivity contribution in [1.29, 1.82) is 0 Å². The predicted molar refractivity (Wildman–Crippen MR) is 88.2 cm³/mol. The largest absolute Gasteiger partial charge is 0.454 e. The highest BCUT2D eigenvalue weighted by atomic mass is 79.9. The van der Waals surface area contributed by atoms with Gasteiger partial charge in [-0.05, 0) is 35.9 Å². The lowest BCUT2D eigenvalue weighted by atomic mass is 10.0. The van der Waals surface area contributed by atoms with Crippen LogP contribution in [0.4, 0.5) is 18.9 Å². The highest BCUT2D eigenvalue weighted by Crippen LogP contribution is 2.41. The van der Waals surface area contributed by atoms with Gasteiger partial charge in [-0.2, -0.15) is 13.2 Å². The molecule has 4 rings (SSSR count). The fourth-order valence-electron chi connectivity index (χ4n) is 2.71. The molecule has 128 valence electrons. The van der Waals surface area contributed by atoms with Crippen LogP contribution >= 0.6 is 15.9 Å². The van der Waals surface area contributed by atoms with Crippen LogP contribution in [-0.2, 0) is 11.0 Å². The van der Waals surface area contributed by atoms with Crippen LogP contribution in [0, 0.1) is 0 Å². The molecule has 2 aliphatic rings. The second kappa shape index (κ2) is 5.52. The van der Waals surface area contributed by atoms with E-state index in [-0.39, 0.29) is 18.1 Å². The lowest BCUT2D eigenvalue weighted by Crippen LogP contribution is -2.06. The molecule has 1 N–H and O–H groups in total. The minimum atomic E-state index is -4.47. The average molecular weight is 412 g/mol. The van der Waals surface area contributed by atoms with Gasteiger partial charge >= 0.3 is 6.18 Å². The maximum absolute atomic E-state index is 12.8. The zero-order valence-electron chi connectivity index (χ0n) is 12.4. The van der Waals surface area contributed by atoms with Crippen LogP contribution in [0.15, 0.2) is 34.8 Å². The van der Waals surface area contributed by atoms with E-state index in [4.69, 9.17) is 9.47 Å². The molecule has 0 aliphatic carbocycles. The Morgan fingerprint density at radius 1 is 1.12 bits per heavy atom. The van der Waals surface area contributed by atoms with Gasteiger partial charge < -0.3 is 14.8 Å². The van der Waals surface area contributed by atoms with Crippen LogP contribution in [0.2, 0.25) is 0 Å². The summed E-state index contributed by atoms with van der Waals surface area (Å²) in [5.74, 6) is 0.667. The molecule has 0 radical (unpaired) electrons. The van der Waals surface area contributed by atoms with E-state index in [0.29, 0.717) is 27.1 Å². The summed E-state index contributed by atoms with van der Waals surface area (Å²) in [6.45, 7) is 0.116. The highest BCUT2D eigenvalue weighted by Gasteiger charge is 2.33. The quantitative estimate of drug-likeness (QED) is 0.692. The van der Waals surface area contributed by atoms with Gasteiger partial charge in [0, 0.05) is 21.3 Å². The second-order valence-electron chi connectivity index (χ2n) is 5.50. The van der Waals surface area contributed by atoms with Crippen LogP contribution in [0.5, 0.6) is 11.5 Å². The summed E-state index contributed by atoms with van der Waals surface area (Å²) in [7, 11) is 0. The predicted octanol–water partition coefficient (Wildman–Crippen LogP) is 4.69. The van der Waals surface area contributed by atoms with Crippen LogP contribution in [0.3, 0.4) is 0 Å². The van der Waals surface area contributed by atoms with Crippen molar-refractivity contribution in [2.45, 2.75) is 6.18 Å². The van der Waals surface area contributed by atoms with Crippen molar-refractivity contribution < 1.29 is 27.4 Å². The van der Waals surface area contributed by atoms with Crippen LogP contribution in [0.25, 0.3) is 11.6 Å². The lowest BCUT2D eigenvalue weighted by Gasteiger charge is -2.08. The summed E-state index contributed by atoms with van der Waals surface area (Å²) < 4.78 is 49.7. The Labute approximate surface area is 148 Å². The molecule has 0 atom stereocenters. The van der Waals surface area contributed by atoms with Crippen molar-refractivity contribution in [3.63, 3.8) is 0 Å². The second-order valence-corrected chi connectivity index (χ2v) is 6.35. The Hall–Kier alpha value is -2.48. The van der Waals surface area contributed by atoms with E-state index in [0.717, 1.165) is 12.1 Å². The monoisotopic (exact) mass is 411 g/mol. The number of hydrogen-bond donors (Lipinski definition) is 1. The zero-order chi connectivity index (χ0) is 17.8. The molecule has 2 aromatic carbocycles. The Bertz CT molecular complexity index is 937. The molecule has 2 heterocycles. The molecule has 2 aromatic rings. The Balaban J connectivity index is 1.78. The lowest BCUT2D eigenvalue weighted by molar-refractivity contribution is -0.137.